The number of likely N-dealkylation sites (N-methyl/N-ethyl adjacent to an activating group) is 1. The van der Waals surface area contributed by atoms with Gasteiger partial charge in [-0.1, -0.05) is 6.42 Å². The summed E-state index contributed by atoms with van der Waals surface area (Å²) in [7, 11) is 1.76. The van der Waals surface area contributed by atoms with Crippen molar-refractivity contribution in [2.75, 3.05) is 12.4 Å². The SMILES string of the molecule is CC(=O)N(C)C1CCCCC1Oc1cc(F)ccc1Nc1ncnc2sc(C(=O)O)c(C)c12. The van der Waals surface area contributed by atoms with Gasteiger partial charge in [0.05, 0.1) is 17.1 Å². The van der Waals surface area contributed by atoms with E-state index >= 15 is 0 Å². The monoisotopic (exact) mass is 472 g/mol. The average molecular weight is 473 g/mol. The minimum absolute atomic E-state index is 0.0429. The fourth-order valence-corrected chi connectivity index (χ4v) is 5.24. The number of benzene rings is 1. The van der Waals surface area contributed by atoms with E-state index in [4.69, 9.17) is 4.74 Å². The van der Waals surface area contributed by atoms with Crippen molar-refractivity contribution in [3.05, 3.63) is 40.8 Å². The van der Waals surface area contributed by atoms with Crippen LogP contribution in [0.5, 0.6) is 5.75 Å². The van der Waals surface area contributed by atoms with E-state index in [1.165, 1.54) is 25.4 Å². The zero-order chi connectivity index (χ0) is 23.7. The molecule has 1 saturated carbocycles. The van der Waals surface area contributed by atoms with Crippen LogP contribution in [0.2, 0.25) is 0 Å². The van der Waals surface area contributed by atoms with Gasteiger partial charge < -0.3 is 20.1 Å². The van der Waals surface area contributed by atoms with Crippen LogP contribution >= 0.6 is 11.3 Å². The molecule has 2 N–H and O–H groups in total. The van der Waals surface area contributed by atoms with Gasteiger partial charge in [0.15, 0.2) is 0 Å². The first-order chi connectivity index (χ1) is 15.8. The van der Waals surface area contributed by atoms with Crippen LogP contribution in [-0.2, 0) is 4.79 Å². The second kappa shape index (κ2) is 9.30. The number of carboxylic acids is 1. The lowest BCUT2D eigenvalue weighted by molar-refractivity contribution is -0.132. The summed E-state index contributed by atoms with van der Waals surface area (Å²) < 4.78 is 20.4. The molecule has 0 bridgehead atoms. The third kappa shape index (κ3) is 4.61. The Morgan fingerprint density at radius 2 is 2.03 bits per heavy atom. The Labute approximate surface area is 194 Å². The Morgan fingerprint density at radius 3 is 2.76 bits per heavy atom. The minimum atomic E-state index is -1.02. The van der Waals surface area contributed by atoms with Crippen molar-refractivity contribution in [1.82, 2.24) is 14.9 Å². The summed E-state index contributed by atoms with van der Waals surface area (Å²) in [4.78, 5) is 34.4. The van der Waals surface area contributed by atoms with Gasteiger partial charge in [-0.3, -0.25) is 4.79 Å². The molecule has 1 aliphatic carbocycles. The summed E-state index contributed by atoms with van der Waals surface area (Å²) in [6, 6.07) is 4.08. The van der Waals surface area contributed by atoms with Crippen LogP contribution in [0.25, 0.3) is 10.2 Å². The molecule has 0 radical (unpaired) electrons. The van der Waals surface area contributed by atoms with Crippen LogP contribution < -0.4 is 10.1 Å². The zero-order valence-electron chi connectivity index (χ0n) is 18.6. The molecule has 10 heteroatoms. The number of rotatable bonds is 6. The molecular weight excluding hydrogens is 447 g/mol. The highest BCUT2D eigenvalue weighted by Gasteiger charge is 2.32. The van der Waals surface area contributed by atoms with Gasteiger partial charge in [0.2, 0.25) is 5.91 Å². The number of fused-ring (bicyclic) bond motifs is 1. The van der Waals surface area contributed by atoms with Crippen molar-refractivity contribution >= 4 is 44.9 Å². The predicted molar refractivity (Wildman–Crippen MR) is 124 cm³/mol. The molecule has 1 aromatic carbocycles. The maximum atomic E-state index is 14.2. The van der Waals surface area contributed by atoms with Crippen molar-refractivity contribution in [3.63, 3.8) is 0 Å². The van der Waals surface area contributed by atoms with Crippen LogP contribution in [0, 0.1) is 12.7 Å². The summed E-state index contributed by atoms with van der Waals surface area (Å²) in [5.74, 6) is -0.792. The Morgan fingerprint density at radius 1 is 1.27 bits per heavy atom. The van der Waals surface area contributed by atoms with Crippen molar-refractivity contribution in [3.8, 4) is 5.75 Å². The van der Waals surface area contributed by atoms with Crippen molar-refractivity contribution < 1.29 is 23.8 Å². The van der Waals surface area contributed by atoms with E-state index in [1.807, 2.05) is 0 Å². The Balaban J connectivity index is 1.68. The number of nitrogens with zero attached hydrogens (tertiary/aromatic N) is 3. The number of carbonyl (C=O) groups is 2. The van der Waals surface area contributed by atoms with Gasteiger partial charge in [-0.25, -0.2) is 19.2 Å². The number of nitrogens with one attached hydrogen (secondary N) is 1. The number of carbonyl (C=O) groups excluding carboxylic acids is 1. The molecule has 33 heavy (non-hydrogen) atoms. The summed E-state index contributed by atoms with van der Waals surface area (Å²) >= 11 is 1.08. The van der Waals surface area contributed by atoms with Crippen molar-refractivity contribution in [2.24, 2.45) is 0 Å². The molecule has 1 fully saturated rings. The fourth-order valence-electron chi connectivity index (χ4n) is 4.25. The van der Waals surface area contributed by atoms with Gasteiger partial charge in [-0.2, -0.15) is 0 Å². The molecule has 8 nitrogen and oxygen atoms in total. The van der Waals surface area contributed by atoms with Crippen LogP contribution in [0.3, 0.4) is 0 Å². The molecule has 174 valence electrons. The molecule has 4 rings (SSSR count). The van der Waals surface area contributed by atoms with E-state index in [1.54, 1.807) is 24.9 Å². The summed E-state index contributed by atoms with van der Waals surface area (Å²) in [6.07, 6.45) is 4.61. The van der Waals surface area contributed by atoms with Gasteiger partial charge in [-0.05, 0) is 43.9 Å². The fraction of sp³-hybridized carbons (Fsp3) is 0.391. The summed E-state index contributed by atoms with van der Waals surface area (Å²) in [6.45, 7) is 3.24. The standard InChI is InChI=1S/C23H25FN4O4S/c1-12-19-21(25-11-26-22(19)33-20(12)23(30)31)27-15-9-8-14(24)10-18(15)32-17-7-5-4-6-16(17)28(3)13(2)29/h8-11,16-17H,4-7H2,1-3H3,(H,30,31)(H,25,26,27). The van der Waals surface area contributed by atoms with E-state index in [0.29, 0.717) is 33.0 Å². The van der Waals surface area contributed by atoms with E-state index in [0.717, 1.165) is 37.0 Å². The number of aromatic nitrogens is 2. The number of aryl methyl sites for hydroxylation is 1. The topological polar surface area (TPSA) is 105 Å². The zero-order valence-corrected chi connectivity index (χ0v) is 19.4. The van der Waals surface area contributed by atoms with Crippen molar-refractivity contribution in [1.29, 1.82) is 0 Å². The highest BCUT2D eigenvalue weighted by atomic mass is 32.1. The molecule has 3 aromatic rings. The number of hydrogen-bond acceptors (Lipinski definition) is 7. The quantitative estimate of drug-likeness (QED) is 0.533. The molecule has 2 heterocycles. The third-order valence-corrected chi connectivity index (χ3v) is 7.25. The number of anilines is 2. The van der Waals surface area contributed by atoms with Crippen LogP contribution in [0.4, 0.5) is 15.9 Å². The second-order valence-corrected chi connectivity index (χ2v) is 9.17. The first-order valence-corrected chi connectivity index (χ1v) is 11.5. The first kappa shape index (κ1) is 22.9. The summed E-state index contributed by atoms with van der Waals surface area (Å²) in [5, 5.41) is 13.2. The molecule has 0 spiro atoms. The molecule has 0 saturated heterocycles. The highest BCUT2D eigenvalue weighted by molar-refractivity contribution is 7.20. The molecule has 1 aliphatic rings. The second-order valence-electron chi connectivity index (χ2n) is 8.17. The molecule has 0 aliphatic heterocycles. The molecule has 2 aromatic heterocycles. The lowest BCUT2D eigenvalue weighted by Crippen LogP contribution is -2.48. The van der Waals surface area contributed by atoms with Crippen LogP contribution in [0.1, 0.15) is 47.8 Å². The Bertz CT molecular complexity index is 1210. The predicted octanol–water partition coefficient (Wildman–Crippen LogP) is 4.75. The number of aromatic carboxylic acids is 1. The van der Waals surface area contributed by atoms with Crippen LogP contribution in [0.15, 0.2) is 24.5 Å². The number of thiophene rings is 1. The van der Waals surface area contributed by atoms with Crippen LogP contribution in [-0.4, -0.2) is 51.0 Å². The smallest absolute Gasteiger partial charge is 0.346 e. The number of hydrogen-bond donors (Lipinski definition) is 2. The maximum Gasteiger partial charge on any atom is 0.346 e. The minimum Gasteiger partial charge on any atom is -0.486 e. The van der Waals surface area contributed by atoms with E-state index in [-0.39, 0.29) is 22.9 Å². The number of carboxylic acid groups (broad SMARTS) is 1. The van der Waals surface area contributed by atoms with Gasteiger partial charge in [0.25, 0.3) is 0 Å². The molecule has 2 atom stereocenters. The van der Waals surface area contributed by atoms with Gasteiger partial charge in [0.1, 0.15) is 39.5 Å². The average Bonchev–Trinajstić information content (AvgIpc) is 3.13. The Hall–Kier alpha value is -3.27. The molecule has 1 amide bonds. The molecule has 2 unspecified atom stereocenters. The van der Waals surface area contributed by atoms with Gasteiger partial charge >= 0.3 is 5.97 Å². The van der Waals surface area contributed by atoms with Gasteiger partial charge in [0, 0.05) is 20.0 Å². The number of ether oxygens (including phenoxy) is 1. The van der Waals surface area contributed by atoms with Crippen molar-refractivity contribution in [2.45, 2.75) is 51.7 Å². The number of amides is 1. The lowest BCUT2D eigenvalue weighted by atomic mass is 9.91. The van der Waals surface area contributed by atoms with E-state index in [2.05, 4.69) is 15.3 Å². The first-order valence-electron chi connectivity index (χ1n) is 10.7. The van der Waals surface area contributed by atoms with E-state index < -0.39 is 11.8 Å². The lowest BCUT2D eigenvalue weighted by Gasteiger charge is -2.37. The Kier molecular flexibility index (Phi) is 6.46. The normalized spacial score (nSPS) is 18.2. The molecular formula is C23H25FN4O4S. The number of halogens is 1. The summed E-state index contributed by atoms with van der Waals surface area (Å²) in [5.41, 5.74) is 1.05. The van der Waals surface area contributed by atoms with E-state index in [9.17, 15) is 19.1 Å². The highest BCUT2D eigenvalue weighted by Crippen LogP contribution is 2.37. The third-order valence-electron chi connectivity index (χ3n) is 6.06. The largest absolute Gasteiger partial charge is 0.486 e. The van der Waals surface area contributed by atoms with Gasteiger partial charge in [-0.15, -0.1) is 11.3 Å². The maximum absolute atomic E-state index is 14.2.